The second-order valence-electron chi connectivity index (χ2n) is 4.52. The number of hydrogen-bond acceptors (Lipinski definition) is 3. The summed E-state index contributed by atoms with van der Waals surface area (Å²) >= 11 is 3.40. The fraction of sp³-hybridized carbons (Fsp3) is 0.750. The Morgan fingerprint density at radius 2 is 2.35 bits per heavy atom. The van der Waals surface area contributed by atoms with Crippen LogP contribution in [0, 0.1) is 0 Å². The Balaban J connectivity index is 1.88. The minimum atomic E-state index is -0.0415. The van der Waals surface area contributed by atoms with Crippen molar-refractivity contribution in [2.24, 2.45) is 0 Å². The summed E-state index contributed by atoms with van der Waals surface area (Å²) in [5.74, 6) is 0. The topological polar surface area (TPSA) is 36.3 Å². The lowest BCUT2D eigenvalue weighted by atomic mass is 10.2. The second-order valence-corrected chi connectivity index (χ2v) is 5.43. The van der Waals surface area contributed by atoms with E-state index in [-0.39, 0.29) is 18.4 Å². The zero-order valence-electron chi connectivity index (χ0n) is 10.3. The first-order valence-electron chi connectivity index (χ1n) is 6.13. The zero-order valence-corrected chi connectivity index (χ0v) is 11.9. The van der Waals surface area contributed by atoms with Gasteiger partial charge in [-0.15, -0.1) is 0 Å². The van der Waals surface area contributed by atoms with Gasteiger partial charge in [0.05, 0.1) is 22.8 Å². The smallest absolute Gasteiger partial charge is 0.158 e. The van der Waals surface area contributed by atoms with Gasteiger partial charge in [0.15, 0.2) is 6.29 Å². The number of hydrogen-bond donors (Lipinski definition) is 0. The van der Waals surface area contributed by atoms with Crippen LogP contribution < -0.4 is 0 Å². The van der Waals surface area contributed by atoms with Gasteiger partial charge in [0, 0.05) is 12.8 Å². The molecule has 96 valence electrons. The molecular weight excluding hydrogens is 284 g/mol. The van der Waals surface area contributed by atoms with E-state index in [1.807, 2.05) is 10.9 Å². The van der Waals surface area contributed by atoms with Crippen LogP contribution in [0.15, 0.2) is 16.9 Å². The molecule has 2 heterocycles. The van der Waals surface area contributed by atoms with E-state index in [4.69, 9.17) is 9.47 Å². The fourth-order valence-corrected chi connectivity index (χ4v) is 2.23. The summed E-state index contributed by atoms with van der Waals surface area (Å²) in [5, 5.41) is 4.28. The molecule has 2 rings (SSSR count). The molecule has 1 fully saturated rings. The first kappa shape index (κ1) is 13.1. The van der Waals surface area contributed by atoms with E-state index in [0.29, 0.717) is 0 Å². The Hall–Kier alpha value is -0.390. The molecule has 1 aliphatic rings. The van der Waals surface area contributed by atoms with Gasteiger partial charge in [0.2, 0.25) is 0 Å². The summed E-state index contributed by atoms with van der Waals surface area (Å²) in [6.45, 7) is 4.99. The molecule has 1 unspecified atom stereocenters. The maximum atomic E-state index is 5.92. The van der Waals surface area contributed by atoms with Crippen LogP contribution in [-0.4, -0.2) is 28.8 Å². The predicted molar refractivity (Wildman–Crippen MR) is 68.8 cm³/mol. The standard InChI is InChI=1S/C12H19BrN2O2/c1-9(15-8-11(13)7-14-15)10(2)17-12-5-3-4-6-16-12/h7-10,12H,3-6H2,1-2H3/t9-,10+,12?/m0/s1. The first-order valence-corrected chi connectivity index (χ1v) is 6.93. The van der Waals surface area contributed by atoms with Gasteiger partial charge < -0.3 is 9.47 Å². The van der Waals surface area contributed by atoms with Gasteiger partial charge in [-0.1, -0.05) is 0 Å². The van der Waals surface area contributed by atoms with Gasteiger partial charge in [-0.2, -0.15) is 5.10 Å². The maximum Gasteiger partial charge on any atom is 0.158 e. The third-order valence-corrected chi connectivity index (χ3v) is 3.58. The Bertz CT molecular complexity index is 350. The van der Waals surface area contributed by atoms with Gasteiger partial charge in [-0.3, -0.25) is 4.68 Å². The summed E-state index contributed by atoms with van der Waals surface area (Å²) in [6, 6.07) is 0.201. The SMILES string of the molecule is C[C@@H](OC1CCCCO1)[C@H](C)n1cc(Br)cn1. The third kappa shape index (κ3) is 3.53. The number of nitrogens with zero attached hydrogens (tertiary/aromatic N) is 2. The molecule has 0 bridgehead atoms. The molecule has 1 aliphatic heterocycles. The molecule has 0 radical (unpaired) electrons. The Morgan fingerprint density at radius 3 is 2.94 bits per heavy atom. The van der Waals surface area contributed by atoms with Crippen molar-refractivity contribution in [1.29, 1.82) is 0 Å². The molecule has 1 aromatic rings. The maximum absolute atomic E-state index is 5.92. The van der Waals surface area contributed by atoms with E-state index < -0.39 is 0 Å². The summed E-state index contributed by atoms with van der Waals surface area (Å²) in [7, 11) is 0. The highest BCUT2D eigenvalue weighted by Crippen LogP contribution is 2.21. The van der Waals surface area contributed by atoms with Crippen LogP contribution in [0.1, 0.15) is 39.2 Å². The second kappa shape index (κ2) is 5.98. The molecule has 5 heteroatoms. The van der Waals surface area contributed by atoms with E-state index in [1.54, 1.807) is 6.20 Å². The highest BCUT2D eigenvalue weighted by atomic mass is 79.9. The molecule has 0 aromatic carbocycles. The molecule has 0 spiro atoms. The van der Waals surface area contributed by atoms with E-state index in [2.05, 4.69) is 34.9 Å². The lowest BCUT2D eigenvalue weighted by Gasteiger charge is -2.29. The van der Waals surface area contributed by atoms with Crippen LogP contribution in [0.5, 0.6) is 0 Å². The van der Waals surface area contributed by atoms with Crippen LogP contribution in [0.3, 0.4) is 0 Å². The number of rotatable bonds is 4. The van der Waals surface area contributed by atoms with E-state index in [0.717, 1.165) is 23.9 Å². The Kier molecular flexibility index (Phi) is 4.59. The molecule has 1 saturated heterocycles. The molecule has 1 aromatic heterocycles. The zero-order chi connectivity index (χ0) is 12.3. The van der Waals surface area contributed by atoms with Gasteiger partial charge in [0.1, 0.15) is 0 Å². The number of halogens is 1. The average Bonchev–Trinajstić information content (AvgIpc) is 2.76. The van der Waals surface area contributed by atoms with Gasteiger partial charge in [-0.05, 0) is 49.0 Å². The Labute approximate surface area is 110 Å². The van der Waals surface area contributed by atoms with Crippen LogP contribution in [-0.2, 0) is 9.47 Å². The normalized spacial score (nSPS) is 24.5. The van der Waals surface area contributed by atoms with E-state index in [1.165, 1.54) is 6.42 Å². The van der Waals surface area contributed by atoms with E-state index >= 15 is 0 Å². The molecule has 0 N–H and O–H groups in total. The number of aromatic nitrogens is 2. The van der Waals surface area contributed by atoms with Gasteiger partial charge >= 0.3 is 0 Å². The molecule has 0 aliphatic carbocycles. The van der Waals surface area contributed by atoms with Crippen molar-refractivity contribution in [3.05, 3.63) is 16.9 Å². The summed E-state index contributed by atoms with van der Waals surface area (Å²) < 4.78 is 14.4. The minimum absolute atomic E-state index is 0.0415. The molecular formula is C12H19BrN2O2. The van der Waals surface area contributed by atoms with Crippen molar-refractivity contribution < 1.29 is 9.47 Å². The highest BCUT2D eigenvalue weighted by Gasteiger charge is 2.22. The third-order valence-electron chi connectivity index (χ3n) is 3.17. The van der Waals surface area contributed by atoms with Crippen molar-refractivity contribution in [3.8, 4) is 0 Å². The molecule has 0 amide bonds. The van der Waals surface area contributed by atoms with Crippen molar-refractivity contribution in [3.63, 3.8) is 0 Å². The molecule has 3 atom stereocenters. The molecule has 4 nitrogen and oxygen atoms in total. The van der Waals surface area contributed by atoms with E-state index in [9.17, 15) is 0 Å². The van der Waals surface area contributed by atoms with Crippen LogP contribution in [0.25, 0.3) is 0 Å². The average molecular weight is 303 g/mol. The minimum Gasteiger partial charge on any atom is -0.353 e. The highest BCUT2D eigenvalue weighted by molar-refractivity contribution is 9.10. The quantitative estimate of drug-likeness (QED) is 0.857. The van der Waals surface area contributed by atoms with Gasteiger partial charge in [-0.25, -0.2) is 0 Å². The first-order chi connectivity index (χ1) is 8.16. The lowest BCUT2D eigenvalue weighted by Crippen LogP contribution is -2.31. The van der Waals surface area contributed by atoms with Gasteiger partial charge in [0.25, 0.3) is 0 Å². The van der Waals surface area contributed by atoms with Crippen molar-refractivity contribution in [2.75, 3.05) is 6.61 Å². The predicted octanol–water partition coefficient (Wildman–Crippen LogP) is 3.14. The summed E-state index contributed by atoms with van der Waals surface area (Å²) in [5.41, 5.74) is 0. The summed E-state index contributed by atoms with van der Waals surface area (Å²) in [6.07, 6.45) is 7.15. The van der Waals surface area contributed by atoms with Crippen LogP contribution in [0.2, 0.25) is 0 Å². The fourth-order valence-electron chi connectivity index (χ4n) is 1.92. The number of ether oxygens (including phenoxy) is 2. The lowest BCUT2D eigenvalue weighted by molar-refractivity contribution is -0.192. The van der Waals surface area contributed by atoms with Crippen molar-refractivity contribution in [2.45, 2.75) is 51.5 Å². The Morgan fingerprint density at radius 1 is 1.53 bits per heavy atom. The van der Waals surface area contributed by atoms with Crippen LogP contribution >= 0.6 is 15.9 Å². The van der Waals surface area contributed by atoms with Crippen molar-refractivity contribution in [1.82, 2.24) is 9.78 Å². The molecule has 17 heavy (non-hydrogen) atoms. The monoisotopic (exact) mass is 302 g/mol. The van der Waals surface area contributed by atoms with Crippen LogP contribution in [0.4, 0.5) is 0 Å². The summed E-state index contributed by atoms with van der Waals surface area (Å²) in [4.78, 5) is 0. The van der Waals surface area contributed by atoms with Crippen molar-refractivity contribution >= 4 is 15.9 Å². The molecule has 0 saturated carbocycles. The largest absolute Gasteiger partial charge is 0.353 e.